The number of epoxide rings is 1. The maximum absolute atomic E-state index is 13.0. The normalized spacial score (nSPS) is 28.6. The maximum atomic E-state index is 13.0. The number of nitrogens with one attached hydrogen (secondary N) is 2. The molecule has 0 radical (unpaired) electrons. The summed E-state index contributed by atoms with van der Waals surface area (Å²) in [5.41, 5.74) is 4.09. The quantitative estimate of drug-likeness (QED) is 0.0281. The van der Waals surface area contributed by atoms with Crippen molar-refractivity contribution >= 4 is 41.3 Å². The number of carbonyl (C=O) groups excluding carboxylic acids is 6. The van der Waals surface area contributed by atoms with Gasteiger partial charge in [0.15, 0.2) is 0 Å². The monoisotopic (exact) mass is 850 g/mol. The van der Waals surface area contributed by atoms with Crippen LogP contribution in [0.2, 0.25) is 0 Å². The molecule has 0 unspecified atom stereocenters. The molecule has 1 aromatic rings. The van der Waals surface area contributed by atoms with Crippen LogP contribution in [0, 0.1) is 5.92 Å². The van der Waals surface area contributed by atoms with Crippen molar-refractivity contribution in [1.82, 2.24) is 15.8 Å². The smallest absolute Gasteiger partial charge is 0.333 e. The number of amides is 4. The molecule has 4 fully saturated rings. The maximum Gasteiger partial charge on any atom is 0.333 e. The van der Waals surface area contributed by atoms with Crippen molar-refractivity contribution in [1.29, 1.82) is 0 Å². The van der Waals surface area contributed by atoms with Crippen molar-refractivity contribution in [3.8, 4) is 5.75 Å². The van der Waals surface area contributed by atoms with E-state index in [4.69, 9.17) is 28.5 Å². The van der Waals surface area contributed by atoms with E-state index in [1.54, 1.807) is 44.2 Å². The van der Waals surface area contributed by atoms with Gasteiger partial charge in [-0.15, -0.1) is 5.06 Å². The molecular weight excluding hydrogens is 792 g/mol. The highest BCUT2D eigenvalue weighted by atomic mass is 16.7. The Labute approximate surface area is 355 Å². The summed E-state index contributed by atoms with van der Waals surface area (Å²) in [4.78, 5) is 76.6. The minimum Gasteiger partial charge on any atom is -0.494 e. The third kappa shape index (κ3) is 13.9. The number of carbonyl (C=O) groups is 6. The number of hydrogen-bond donors (Lipinski definition) is 3. The molecule has 17 heteroatoms. The first-order valence-electron chi connectivity index (χ1n) is 20.8. The molecule has 4 aliphatic heterocycles. The van der Waals surface area contributed by atoms with Crippen LogP contribution in [0.3, 0.4) is 0 Å². The summed E-state index contributed by atoms with van der Waals surface area (Å²) in [6.07, 6.45) is 7.93. The predicted octanol–water partition coefficient (Wildman–Crippen LogP) is 3.67. The second-order valence-electron chi connectivity index (χ2n) is 16.1. The lowest BCUT2D eigenvalue weighted by molar-refractivity contribution is -0.197. The molecule has 9 atom stereocenters. The Balaban J connectivity index is 1.03. The molecule has 4 aliphatic rings. The van der Waals surface area contributed by atoms with Crippen molar-refractivity contribution < 1.29 is 62.4 Å². The van der Waals surface area contributed by atoms with E-state index in [0.29, 0.717) is 42.4 Å². The lowest BCUT2D eigenvalue weighted by atomic mass is 9.87. The summed E-state index contributed by atoms with van der Waals surface area (Å²) in [5, 5.41) is 18.9. The Morgan fingerprint density at radius 3 is 2.43 bits per heavy atom. The van der Waals surface area contributed by atoms with Crippen LogP contribution in [-0.4, -0.2) is 113 Å². The van der Waals surface area contributed by atoms with Gasteiger partial charge in [0.1, 0.15) is 29.7 Å². The van der Waals surface area contributed by atoms with Crippen LogP contribution < -0.4 is 15.5 Å². The van der Waals surface area contributed by atoms with Crippen molar-refractivity contribution in [3.05, 3.63) is 65.8 Å². The standard InChI is InChI=1S/C44H58N4O13/c1-26(9-16-36-27(2)22-35(30(5)59-36)45-38(50)18-11-28(3)58-31(6)49)10-17-37-43(55)44(25-57-44)24-34(60-37)23-39(51)47-46-29(4)32-12-14-33(15-13-32)56-21-7-8-42(54)61-48-40(52)19-20-41(48)53/h9-15,17-18,27-28,30,34-37,43,55H,7-8,16,19-25H2,1-6H3,(H,45,50)(H,47,51)/t27-,28-,30+,34+,35+,36-,37+,43+,44+/m0/s1. The molecule has 0 bridgehead atoms. The van der Waals surface area contributed by atoms with Gasteiger partial charge >= 0.3 is 11.9 Å². The molecule has 4 amide bonds. The van der Waals surface area contributed by atoms with Crippen LogP contribution >= 0.6 is 0 Å². The van der Waals surface area contributed by atoms with E-state index < -0.39 is 53.8 Å². The van der Waals surface area contributed by atoms with E-state index in [1.807, 2.05) is 19.9 Å². The molecule has 4 saturated heterocycles. The molecule has 17 nitrogen and oxygen atoms in total. The zero-order valence-corrected chi connectivity index (χ0v) is 35.6. The molecule has 1 aromatic carbocycles. The summed E-state index contributed by atoms with van der Waals surface area (Å²) in [5.74, 6) is -2.05. The van der Waals surface area contributed by atoms with Gasteiger partial charge in [0.2, 0.25) is 11.8 Å². The number of aliphatic hydroxyl groups excluding tert-OH is 1. The van der Waals surface area contributed by atoms with Crippen LogP contribution in [0.25, 0.3) is 0 Å². The third-order valence-corrected chi connectivity index (χ3v) is 10.9. The summed E-state index contributed by atoms with van der Waals surface area (Å²) in [7, 11) is 0. The number of hydrogen-bond acceptors (Lipinski definition) is 14. The SMILES string of the molecule is CC(=O)O[C@@H](C)C=CC(=O)N[C@@H]1C[C@H](C)[C@H](CC=C(C)C=C[C@H]2O[C@H](CC(=O)NN=C(C)c3ccc(OCCCC(=O)ON4C(=O)CCC4=O)cc3)C[C@@]3(CO3)[C@@H]2O)O[C@@H]1C. The Kier molecular flexibility index (Phi) is 16.5. The van der Waals surface area contributed by atoms with Gasteiger partial charge in [0.25, 0.3) is 11.8 Å². The van der Waals surface area contributed by atoms with Gasteiger partial charge in [-0.1, -0.05) is 30.7 Å². The predicted molar refractivity (Wildman–Crippen MR) is 219 cm³/mol. The first kappa shape index (κ1) is 46.8. The van der Waals surface area contributed by atoms with Gasteiger partial charge in [-0.2, -0.15) is 5.10 Å². The molecule has 0 aliphatic carbocycles. The fraction of sp³-hybridized carbons (Fsp3) is 0.568. The van der Waals surface area contributed by atoms with E-state index in [9.17, 15) is 33.9 Å². The van der Waals surface area contributed by atoms with E-state index in [0.717, 1.165) is 17.6 Å². The highest BCUT2D eigenvalue weighted by molar-refractivity contribution is 6.01. The molecule has 4 heterocycles. The number of esters is 1. The average Bonchev–Trinajstić information content (AvgIpc) is 3.92. The van der Waals surface area contributed by atoms with Gasteiger partial charge in [-0.3, -0.25) is 24.0 Å². The Bertz CT molecular complexity index is 1870. The van der Waals surface area contributed by atoms with Crippen LogP contribution in [0.4, 0.5) is 0 Å². The van der Waals surface area contributed by atoms with Gasteiger partial charge in [-0.05, 0) is 88.8 Å². The van der Waals surface area contributed by atoms with Gasteiger partial charge in [0, 0.05) is 32.3 Å². The molecule has 1 spiro atoms. The molecule has 0 aromatic heterocycles. The minimum atomic E-state index is -0.896. The first-order valence-corrected chi connectivity index (χ1v) is 20.8. The van der Waals surface area contributed by atoms with Gasteiger partial charge in [-0.25, -0.2) is 10.2 Å². The van der Waals surface area contributed by atoms with Gasteiger partial charge in [0.05, 0.1) is 56.1 Å². The number of imide groups is 1. The second kappa shape index (κ2) is 21.5. The summed E-state index contributed by atoms with van der Waals surface area (Å²) < 4.78 is 28.9. The lowest BCUT2D eigenvalue weighted by Crippen LogP contribution is -2.50. The number of allylic oxidation sites excluding steroid dienone is 2. The Hall–Kier alpha value is -5.23. The van der Waals surface area contributed by atoms with Crippen molar-refractivity contribution in [2.24, 2.45) is 11.0 Å². The van der Waals surface area contributed by atoms with E-state index in [1.165, 1.54) is 19.1 Å². The number of aliphatic hydroxyl groups is 1. The minimum absolute atomic E-state index is 0.0129. The van der Waals surface area contributed by atoms with Crippen LogP contribution in [0.15, 0.2) is 65.3 Å². The van der Waals surface area contributed by atoms with E-state index in [2.05, 4.69) is 28.8 Å². The topological polar surface area (TPSA) is 221 Å². The fourth-order valence-corrected chi connectivity index (χ4v) is 7.35. The highest BCUT2D eigenvalue weighted by Gasteiger charge is 2.58. The van der Waals surface area contributed by atoms with Crippen molar-refractivity contribution in [3.63, 3.8) is 0 Å². The number of benzene rings is 1. The summed E-state index contributed by atoms with van der Waals surface area (Å²) >= 11 is 0. The summed E-state index contributed by atoms with van der Waals surface area (Å²) in [6.45, 7) is 11.3. The molecule has 3 N–H and O–H groups in total. The van der Waals surface area contributed by atoms with Crippen LogP contribution in [0.1, 0.15) is 98.5 Å². The zero-order chi connectivity index (χ0) is 44.3. The number of nitrogens with zero attached hydrogens (tertiary/aromatic N) is 2. The third-order valence-electron chi connectivity index (χ3n) is 10.9. The number of hydrazone groups is 1. The molecular formula is C44H58N4O13. The highest BCUT2D eigenvalue weighted by Crippen LogP contribution is 2.43. The molecule has 332 valence electrons. The first-order chi connectivity index (χ1) is 29.0. The zero-order valence-electron chi connectivity index (χ0n) is 35.6. The molecule has 5 rings (SSSR count). The molecule has 0 saturated carbocycles. The average molecular weight is 851 g/mol. The Morgan fingerprint density at radius 1 is 1.05 bits per heavy atom. The fourth-order valence-electron chi connectivity index (χ4n) is 7.35. The van der Waals surface area contributed by atoms with E-state index in [-0.39, 0.29) is 68.3 Å². The van der Waals surface area contributed by atoms with Gasteiger partial charge < -0.3 is 38.9 Å². The van der Waals surface area contributed by atoms with Crippen LogP contribution in [-0.2, 0) is 52.6 Å². The number of ether oxygens (including phenoxy) is 5. The lowest BCUT2D eigenvalue weighted by Gasteiger charge is -2.39. The Morgan fingerprint density at radius 2 is 1.75 bits per heavy atom. The largest absolute Gasteiger partial charge is 0.494 e. The van der Waals surface area contributed by atoms with Crippen molar-refractivity contribution in [2.45, 2.75) is 141 Å². The molecule has 61 heavy (non-hydrogen) atoms. The summed E-state index contributed by atoms with van der Waals surface area (Å²) in [6, 6.07) is 6.87. The van der Waals surface area contributed by atoms with Crippen molar-refractivity contribution in [2.75, 3.05) is 13.2 Å². The van der Waals surface area contributed by atoms with E-state index >= 15 is 0 Å². The number of hydroxylamine groups is 2. The number of rotatable bonds is 18. The van der Waals surface area contributed by atoms with Crippen LogP contribution in [0.5, 0.6) is 5.75 Å². The second-order valence-corrected chi connectivity index (χ2v) is 16.1.